The van der Waals surface area contributed by atoms with Gasteiger partial charge >= 0.3 is 6.18 Å². The van der Waals surface area contributed by atoms with Crippen molar-refractivity contribution < 1.29 is 22.7 Å². The van der Waals surface area contributed by atoms with E-state index in [0.29, 0.717) is 26.5 Å². The van der Waals surface area contributed by atoms with Crippen molar-refractivity contribution in [2.75, 3.05) is 5.32 Å². The van der Waals surface area contributed by atoms with Gasteiger partial charge in [0.25, 0.3) is 5.91 Å². The van der Waals surface area contributed by atoms with Crippen LogP contribution in [-0.2, 0) is 12.9 Å². The molecule has 0 bridgehead atoms. The minimum atomic E-state index is -4.74. The van der Waals surface area contributed by atoms with Crippen molar-refractivity contribution in [2.45, 2.75) is 12.9 Å². The number of nitrogens with zero attached hydrogens (tertiary/aromatic N) is 5. The smallest absolute Gasteiger partial charge is 0.433 e. The molecule has 0 fully saturated rings. The molecule has 0 spiro atoms. The summed E-state index contributed by atoms with van der Waals surface area (Å²) < 4.78 is 50.0. The molecule has 0 unspecified atom stereocenters. The first-order chi connectivity index (χ1) is 17.7. The van der Waals surface area contributed by atoms with Crippen LogP contribution in [0.3, 0.4) is 0 Å². The number of hydrogen-bond donors (Lipinski definition) is 1. The molecule has 0 aliphatic heterocycles. The lowest BCUT2D eigenvalue weighted by Gasteiger charge is -2.11. The van der Waals surface area contributed by atoms with Crippen LogP contribution in [0.5, 0.6) is 5.75 Å². The normalized spacial score (nSPS) is 11.6. The number of halogens is 5. The minimum Gasteiger partial charge on any atom is -0.471 e. The van der Waals surface area contributed by atoms with Crippen LogP contribution in [-0.4, -0.2) is 30.3 Å². The number of alkyl halides is 3. The van der Waals surface area contributed by atoms with Gasteiger partial charge in [0.2, 0.25) is 0 Å². The van der Waals surface area contributed by atoms with Gasteiger partial charge in [-0.05, 0) is 42.5 Å². The number of aromatic nitrogens is 5. The molecular formula is C24H15BrClF3N6O2. The first-order valence-corrected chi connectivity index (χ1v) is 11.8. The highest BCUT2D eigenvalue weighted by Gasteiger charge is 2.35. The molecule has 3 heterocycles. The maximum atomic E-state index is 13.8. The monoisotopic (exact) mass is 590 g/mol. The van der Waals surface area contributed by atoms with Crippen molar-refractivity contribution in [1.29, 1.82) is 0 Å². The van der Waals surface area contributed by atoms with Crippen LogP contribution < -0.4 is 10.1 Å². The molecule has 0 atom stereocenters. The number of amides is 1. The lowest BCUT2D eigenvalue weighted by Crippen LogP contribution is -2.15. The van der Waals surface area contributed by atoms with E-state index >= 15 is 0 Å². The zero-order chi connectivity index (χ0) is 26.2. The maximum absolute atomic E-state index is 13.8. The molecule has 1 N–H and O–H groups in total. The Morgan fingerprint density at radius 1 is 1.08 bits per heavy atom. The fourth-order valence-electron chi connectivity index (χ4n) is 3.42. The van der Waals surface area contributed by atoms with E-state index in [9.17, 15) is 18.0 Å². The molecular weight excluding hydrogens is 577 g/mol. The summed E-state index contributed by atoms with van der Waals surface area (Å²) in [4.78, 5) is 17.0. The summed E-state index contributed by atoms with van der Waals surface area (Å²) in [6.07, 6.45) is -1.83. The highest BCUT2D eigenvalue weighted by Crippen LogP contribution is 2.32. The quantitative estimate of drug-likeness (QED) is 0.250. The lowest BCUT2D eigenvalue weighted by atomic mass is 10.1. The van der Waals surface area contributed by atoms with Crippen LogP contribution >= 0.6 is 27.5 Å². The second-order valence-corrected chi connectivity index (χ2v) is 9.13. The van der Waals surface area contributed by atoms with Gasteiger partial charge in [-0.2, -0.15) is 23.4 Å². The van der Waals surface area contributed by atoms with Gasteiger partial charge in [0.1, 0.15) is 5.75 Å². The second-order valence-electron chi connectivity index (χ2n) is 7.78. The maximum Gasteiger partial charge on any atom is 0.433 e. The Bertz CT molecular complexity index is 1580. The van der Waals surface area contributed by atoms with Crippen molar-refractivity contribution in [2.24, 2.45) is 0 Å². The van der Waals surface area contributed by atoms with Gasteiger partial charge in [0.15, 0.2) is 23.8 Å². The average molecular weight is 592 g/mol. The molecule has 0 radical (unpaired) electrons. The number of benzene rings is 2. The highest BCUT2D eigenvalue weighted by atomic mass is 79.9. The van der Waals surface area contributed by atoms with E-state index < -0.39 is 17.8 Å². The van der Waals surface area contributed by atoms with Crippen molar-refractivity contribution in [3.8, 4) is 17.0 Å². The van der Waals surface area contributed by atoms with Crippen molar-refractivity contribution in [1.82, 2.24) is 24.4 Å². The minimum absolute atomic E-state index is 0.0652. The number of hydrogen-bond acceptors (Lipinski definition) is 5. The molecule has 0 saturated carbocycles. The van der Waals surface area contributed by atoms with Crippen LogP contribution in [0.4, 0.5) is 18.9 Å². The van der Waals surface area contributed by atoms with Gasteiger partial charge < -0.3 is 10.1 Å². The molecule has 0 saturated heterocycles. The largest absolute Gasteiger partial charge is 0.471 e. The number of rotatable bonds is 6. The van der Waals surface area contributed by atoms with Gasteiger partial charge in [-0.15, -0.1) is 0 Å². The number of carbonyl (C=O) groups excluding carboxylic acids is 1. The van der Waals surface area contributed by atoms with E-state index in [1.54, 1.807) is 36.4 Å². The number of ether oxygens (including phenoxy) is 1. The zero-order valence-corrected chi connectivity index (χ0v) is 20.9. The first kappa shape index (κ1) is 24.8. The predicted molar refractivity (Wildman–Crippen MR) is 133 cm³/mol. The summed E-state index contributed by atoms with van der Waals surface area (Å²) in [5.74, 6) is -0.0973. The van der Waals surface area contributed by atoms with Gasteiger partial charge in [0.05, 0.1) is 23.8 Å². The van der Waals surface area contributed by atoms with Crippen molar-refractivity contribution in [3.05, 3.63) is 93.9 Å². The summed E-state index contributed by atoms with van der Waals surface area (Å²) in [6.45, 7) is 0.0816. The molecule has 2 aromatic carbocycles. The third-order valence-electron chi connectivity index (χ3n) is 5.16. The second kappa shape index (κ2) is 9.87. The van der Waals surface area contributed by atoms with Gasteiger partial charge in [0, 0.05) is 21.1 Å². The number of fused-ring (bicyclic) bond motifs is 1. The molecule has 37 heavy (non-hydrogen) atoms. The van der Waals surface area contributed by atoms with E-state index in [-0.39, 0.29) is 23.8 Å². The van der Waals surface area contributed by atoms with Crippen LogP contribution in [0.25, 0.3) is 16.9 Å². The van der Waals surface area contributed by atoms with Crippen LogP contribution in [0, 0.1) is 0 Å². The summed E-state index contributed by atoms with van der Waals surface area (Å²) in [5.41, 5.74) is -0.641. The summed E-state index contributed by atoms with van der Waals surface area (Å²) in [6, 6.07) is 15.5. The highest BCUT2D eigenvalue weighted by molar-refractivity contribution is 9.10. The van der Waals surface area contributed by atoms with E-state index in [1.165, 1.54) is 23.1 Å². The summed E-state index contributed by atoms with van der Waals surface area (Å²) >= 11 is 9.23. The Morgan fingerprint density at radius 2 is 1.81 bits per heavy atom. The van der Waals surface area contributed by atoms with Gasteiger partial charge in [-0.1, -0.05) is 39.7 Å². The molecule has 188 valence electrons. The third kappa shape index (κ3) is 5.59. The fraction of sp³-hybridized carbons (Fsp3) is 0.0833. The summed E-state index contributed by atoms with van der Waals surface area (Å²) in [7, 11) is 0. The van der Waals surface area contributed by atoms with E-state index in [0.717, 1.165) is 10.5 Å². The SMILES string of the molecule is O=C(Nc1cnn(COc2ccc(Br)cc2)c1)c1cc2nc(-c3ccc(Cl)cc3)cc(C(F)(F)F)n2n1. The van der Waals surface area contributed by atoms with Crippen LogP contribution in [0.15, 0.2) is 77.5 Å². The molecule has 3 aromatic heterocycles. The first-order valence-electron chi connectivity index (χ1n) is 10.6. The van der Waals surface area contributed by atoms with Gasteiger partial charge in [-0.25, -0.2) is 14.2 Å². The molecule has 0 aliphatic carbocycles. The fourth-order valence-corrected chi connectivity index (χ4v) is 3.81. The molecule has 1 amide bonds. The number of nitrogens with one attached hydrogen (secondary N) is 1. The lowest BCUT2D eigenvalue weighted by molar-refractivity contribution is -0.142. The topological polar surface area (TPSA) is 86.3 Å². The Balaban J connectivity index is 1.36. The van der Waals surface area contributed by atoms with Crippen molar-refractivity contribution >= 4 is 44.8 Å². The molecule has 5 aromatic rings. The predicted octanol–water partition coefficient (Wildman–Crippen LogP) is 6.32. The van der Waals surface area contributed by atoms with E-state index in [2.05, 4.69) is 36.4 Å². The summed E-state index contributed by atoms with van der Waals surface area (Å²) in [5, 5.41) is 11.0. The molecule has 0 aliphatic rings. The Morgan fingerprint density at radius 3 is 2.51 bits per heavy atom. The molecule has 5 rings (SSSR count). The Kier molecular flexibility index (Phi) is 6.61. The van der Waals surface area contributed by atoms with Gasteiger partial charge in [-0.3, -0.25) is 4.79 Å². The standard InChI is InChI=1S/C24H15BrClF3N6O2/c25-15-3-7-18(8-4-15)37-13-34-12-17(11-30-34)31-23(36)20-10-22-32-19(14-1-5-16(26)6-2-14)9-21(24(27,28)29)35(22)33-20/h1-12H,13H2,(H,31,36). The van der Waals surface area contributed by atoms with Crippen LogP contribution in [0.2, 0.25) is 5.02 Å². The zero-order valence-electron chi connectivity index (χ0n) is 18.6. The van der Waals surface area contributed by atoms with Crippen molar-refractivity contribution in [3.63, 3.8) is 0 Å². The number of carbonyl (C=O) groups is 1. The van der Waals surface area contributed by atoms with E-state index in [4.69, 9.17) is 16.3 Å². The Labute approximate surface area is 220 Å². The number of anilines is 1. The van der Waals surface area contributed by atoms with E-state index in [1.807, 2.05) is 12.1 Å². The third-order valence-corrected chi connectivity index (χ3v) is 5.94. The van der Waals surface area contributed by atoms with Crippen LogP contribution in [0.1, 0.15) is 16.2 Å². The average Bonchev–Trinajstić information content (AvgIpc) is 3.50. The Hall–Kier alpha value is -3.90. The molecule has 8 nitrogen and oxygen atoms in total. The molecule has 13 heteroatoms.